The summed E-state index contributed by atoms with van der Waals surface area (Å²) in [6.07, 6.45) is 1.64. The third-order valence-corrected chi connectivity index (χ3v) is 3.25. The van der Waals surface area contributed by atoms with Gasteiger partial charge < -0.3 is 10.4 Å². The molecule has 0 atom stereocenters. The predicted octanol–water partition coefficient (Wildman–Crippen LogP) is 2.71. The second-order valence-corrected chi connectivity index (χ2v) is 4.82. The van der Waals surface area contributed by atoms with E-state index in [2.05, 4.69) is 21.2 Å². The number of rotatable bonds is 7. The third-order valence-electron chi connectivity index (χ3n) is 2.48. The minimum Gasteiger partial charge on any atom is -0.481 e. The van der Waals surface area contributed by atoms with E-state index in [0.29, 0.717) is 25.8 Å². The molecule has 0 bridgehead atoms. The molecule has 0 aliphatic heterocycles. The first-order chi connectivity index (χ1) is 8.59. The van der Waals surface area contributed by atoms with Crippen LogP contribution in [0.3, 0.4) is 0 Å². The molecule has 2 N–H and O–H groups in total. The molecule has 0 unspecified atom stereocenters. The molecule has 0 heterocycles. The molecule has 1 aromatic carbocycles. The van der Waals surface area contributed by atoms with Gasteiger partial charge in [-0.15, -0.1) is 0 Å². The summed E-state index contributed by atoms with van der Waals surface area (Å²) < 4.78 is 0.969. The molecule has 4 nitrogen and oxygen atoms in total. The fourth-order valence-corrected chi connectivity index (χ4v) is 1.91. The predicted molar refractivity (Wildman–Crippen MR) is 72.1 cm³/mol. The monoisotopic (exact) mass is 313 g/mol. The van der Waals surface area contributed by atoms with Gasteiger partial charge in [0.25, 0.3) is 0 Å². The number of aliphatic carboxylic acids is 1. The number of halogens is 1. The van der Waals surface area contributed by atoms with E-state index in [1.54, 1.807) is 0 Å². The van der Waals surface area contributed by atoms with E-state index in [1.165, 1.54) is 0 Å². The van der Waals surface area contributed by atoms with Crippen molar-refractivity contribution in [1.82, 2.24) is 5.32 Å². The highest BCUT2D eigenvalue weighted by atomic mass is 79.9. The van der Waals surface area contributed by atoms with Gasteiger partial charge in [0, 0.05) is 23.9 Å². The summed E-state index contributed by atoms with van der Waals surface area (Å²) in [6.45, 7) is 0.485. The first-order valence-electron chi connectivity index (χ1n) is 5.81. The molecule has 0 saturated heterocycles. The van der Waals surface area contributed by atoms with E-state index in [1.807, 2.05) is 24.3 Å². The minimum absolute atomic E-state index is 0.0452. The Balaban J connectivity index is 2.21. The number of amides is 1. The maximum Gasteiger partial charge on any atom is 0.303 e. The Morgan fingerprint density at radius 1 is 1.17 bits per heavy atom. The standard InChI is InChI=1S/C13H16BrNO3/c14-11-6-2-1-5-10(11)9-15-12(16)7-3-4-8-13(17)18/h1-2,5-6H,3-4,7-9H2,(H,15,16)(H,17,18). The van der Waals surface area contributed by atoms with Crippen LogP contribution in [0.2, 0.25) is 0 Å². The number of carboxylic acid groups (broad SMARTS) is 1. The Labute approximate surface area is 115 Å². The summed E-state index contributed by atoms with van der Waals surface area (Å²) in [6, 6.07) is 7.70. The Bertz CT molecular complexity index is 420. The van der Waals surface area contributed by atoms with Crippen LogP contribution in [0, 0.1) is 0 Å². The van der Waals surface area contributed by atoms with E-state index < -0.39 is 5.97 Å². The van der Waals surface area contributed by atoms with Crippen LogP contribution in [0.15, 0.2) is 28.7 Å². The van der Waals surface area contributed by atoms with Crippen molar-refractivity contribution in [2.24, 2.45) is 0 Å². The van der Waals surface area contributed by atoms with Crippen molar-refractivity contribution in [3.05, 3.63) is 34.3 Å². The van der Waals surface area contributed by atoms with Crippen molar-refractivity contribution < 1.29 is 14.7 Å². The number of hydrogen-bond acceptors (Lipinski definition) is 2. The summed E-state index contributed by atoms with van der Waals surface area (Å²) in [5, 5.41) is 11.3. The molecule has 0 aliphatic rings. The third kappa shape index (κ3) is 5.82. The lowest BCUT2D eigenvalue weighted by atomic mass is 10.2. The Hall–Kier alpha value is -1.36. The Morgan fingerprint density at radius 3 is 2.50 bits per heavy atom. The maximum atomic E-state index is 11.5. The van der Waals surface area contributed by atoms with Crippen LogP contribution in [0.1, 0.15) is 31.2 Å². The smallest absolute Gasteiger partial charge is 0.303 e. The quantitative estimate of drug-likeness (QED) is 0.761. The average Bonchev–Trinajstić information content (AvgIpc) is 2.33. The van der Waals surface area contributed by atoms with E-state index in [4.69, 9.17) is 5.11 Å². The van der Waals surface area contributed by atoms with Gasteiger partial charge in [0.05, 0.1) is 0 Å². The molecule has 18 heavy (non-hydrogen) atoms. The second-order valence-electron chi connectivity index (χ2n) is 3.97. The summed E-state index contributed by atoms with van der Waals surface area (Å²) in [7, 11) is 0. The highest BCUT2D eigenvalue weighted by Crippen LogP contribution is 2.15. The summed E-state index contributed by atoms with van der Waals surface area (Å²) >= 11 is 3.41. The fourth-order valence-electron chi connectivity index (χ4n) is 1.49. The lowest BCUT2D eigenvalue weighted by Crippen LogP contribution is -2.22. The van der Waals surface area contributed by atoms with E-state index in [0.717, 1.165) is 10.0 Å². The largest absolute Gasteiger partial charge is 0.481 e. The van der Waals surface area contributed by atoms with Crippen molar-refractivity contribution in [3.8, 4) is 0 Å². The lowest BCUT2D eigenvalue weighted by molar-refractivity contribution is -0.137. The normalized spacial score (nSPS) is 10.1. The van der Waals surface area contributed by atoms with E-state index >= 15 is 0 Å². The molecule has 0 aromatic heterocycles. The molecule has 1 rings (SSSR count). The van der Waals surface area contributed by atoms with Gasteiger partial charge in [-0.25, -0.2) is 0 Å². The van der Waals surface area contributed by atoms with Crippen LogP contribution in [0.25, 0.3) is 0 Å². The number of nitrogens with one attached hydrogen (secondary N) is 1. The lowest BCUT2D eigenvalue weighted by Gasteiger charge is -2.06. The van der Waals surface area contributed by atoms with Gasteiger partial charge in [-0.3, -0.25) is 9.59 Å². The van der Waals surface area contributed by atoms with Crippen LogP contribution in [-0.4, -0.2) is 17.0 Å². The van der Waals surface area contributed by atoms with Crippen molar-refractivity contribution in [2.45, 2.75) is 32.2 Å². The van der Waals surface area contributed by atoms with Gasteiger partial charge in [-0.05, 0) is 24.5 Å². The molecule has 0 spiro atoms. The van der Waals surface area contributed by atoms with Crippen LogP contribution >= 0.6 is 15.9 Å². The topological polar surface area (TPSA) is 66.4 Å². The molecule has 0 aliphatic carbocycles. The molecule has 98 valence electrons. The molecule has 5 heteroatoms. The van der Waals surface area contributed by atoms with Gasteiger partial charge in [0.1, 0.15) is 0 Å². The zero-order valence-corrected chi connectivity index (χ0v) is 11.6. The fraction of sp³-hybridized carbons (Fsp3) is 0.385. The van der Waals surface area contributed by atoms with Gasteiger partial charge in [-0.1, -0.05) is 34.1 Å². The van der Waals surface area contributed by atoms with Crippen molar-refractivity contribution in [3.63, 3.8) is 0 Å². The van der Waals surface area contributed by atoms with E-state index in [9.17, 15) is 9.59 Å². The zero-order valence-electron chi connectivity index (χ0n) is 9.99. The first-order valence-corrected chi connectivity index (χ1v) is 6.61. The zero-order chi connectivity index (χ0) is 13.4. The Kier molecular flexibility index (Phi) is 6.43. The number of benzene rings is 1. The maximum absolute atomic E-state index is 11.5. The number of carbonyl (C=O) groups excluding carboxylic acids is 1. The van der Waals surface area contributed by atoms with Crippen LogP contribution in [0.5, 0.6) is 0 Å². The second kappa shape index (κ2) is 7.87. The minimum atomic E-state index is -0.816. The first kappa shape index (κ1) is 14.7. The molecule has 0 saturated carbocycles. The van der Waals surface area contributed by atoms with Crippen LogP contribution in [-0.2, 0) is 16.1 Å². The van der Waals surface area contributed by atoms with E-state index in [-0.39, 0.29) is 12.3 Å². The van der Waals surface area contributed by atoms with Gasteiger partial charge in [0.15, 0.2) is 0 Å². The summed E-state index contributed by atoms with van der Waals surface area (Å²) in [4.78, 5) is 21.8. The number of carbonyl (C=O) groups is 2. The number of unbranched alkanes of at least 4 members (excludes halogenated alkanes) is 1. The van der Waals surface area contributed by atoms with Gasteiger partial charge >= 0.3 is 5.97 Å². The number of hydrogen-bond donors (Lipinski definition) is 2. The molecule has 0 fully saturated rings. The van der Waals surface area contributed by atoms with Crippen LogP contribution in [0.4, 0.5) is 0 Å². The highest BCUT2D eigenvalue weighted by Gasteiger charge is 2.04. The van der Waals surface area contributed by atoms with Crippen LogP contribution < -0.4 is 5.32 Å². The summed E-state index contributed by atoms with van der Waals surface area (Å²) in [5.74, 6) is -0.861. The number of carboxylic acids is 1. The Morgan fingerprint density at radius 2 is 1.83 bits per heavy atom. The molecule has 1 aromatic rings. The molecular weight excluding hydrogens is 298 g/mol. The van der Waals surface area contributed by atoms with Crippen molar-refractivity contribution in [2.75, 3.05) is 0 Å². The summed E-state index contributed by atoms with van der Waals surface area (Å²) in [5.41, 5.74) is 1.02. The highest BCUT2D eigenvalue weighted by molar-refractivity contribution is 9.10. The van der Waals surface area contributed by atoms with Crippen molar-refractivity contribution in [1.29, 1.82) is 0 Å². The molecule has 1 amide bonds. The van der Waals surface area contributed by atoms with Crippen molar-refractivity contribution >= 4 is 27.8 Å². The molecular formula is C13H16BrNO3. The SMILES string of the molecule is O=C(O)CCCCC(=O)NCc1ccccc1Br. The molecule has 0 radical (unpaired) electrons. The average molecular weight is 314 g/mol. The van der Waals surface area contributed by atoms with Gasteiger partial charge in [-0.2, -0.15) is 0 Å². The van der Waals surface area contributed by atoms with Gasteiger partial charge in [0.2, 0.25) is 5.91 Å².